The number of rotatable bonds is 11. The number of ether oxygens (including phenoxy) is 1. The molecule has 3 aliphatic carbocycles. The fraction of sp³-hybridized carbons (Fsp3) is 0.284. The Balaban J connectivity index is 0.920. The summed E-state index contributed by atoms with van der Waals surface area (Å²) in [6.45, 7) is 20.9. The van der Waals surface area contributed by atoms with E-state index in [1.54, 1.807) is 0 Å². The number of anilines is 7. The van der Waals surface area contributed by atoms with Crippen LogP contribution in [0.25, 0.3) is 11.1 Å². The molecular weight excluding hydrogens is 1100 g/mol. The number of hydrogen-bond donors (Lipinski definition) is 0. The lowest BCUT2D eigenvalue weighted by molar-refractivity contribution is 0.126. The van der Waals surface area contributed by atoms with Crippen molar-refractivity contribution in [3.05, 3.63) is 280 Å². The van der Waals surface area contributed by atoms with Crippen LogP contribution in [0.3, 0.4) is 0 Å². The smallest absolute Gasteiger partial charge is 0.225 e. The summed E-state index contributed by atoms with van der Waals surface area (Å²) in [5, 5.41) is 0.526. The van der Waals surface area contributed by atoms with E-state index in [-0.39, 0.29) is 59.7 Å². The monoisotopic (exact) mass is 1180 g/mol. The maximum Gasteiger partial charge on any atom is 0.225 e. The third kappa shape index (κ3) is 10.2. The second-order valence-corrected chi connectivity index (χ2v) is 28.3. The van der Waals surface area contributed by atoms with Gasteiger partial charge in [-0.05, 0) is 192 Å². The highest BCUT2D eigenvalue weighted by molar-refractivity contribution is 8.01. The SMILES string of the molecule is Cc1cc(C)c(N(c2ccccc2)C2CC3Oc4ccccc4B4C5=CC6[B]C7C(CC(N(c8ccccc8)c8c(C)cc(C)cc8C)CC7N(c7ccccc7)c7c(C)cc(C)cc7C)SC6C=C5N(c5ccccc5-c5ccccc5)C(C2)C43)c(C)c1. The summed E-state index contributed by atoms with van der Waals surface area (Å²) in [5.41, 5.74) is 27.6. The number of hydrogen-bond acceptors (Lipinski definition) is 6. The molecule has 0 N–H and O–H groups in total. The first-order valence-electron chi connectivity index (χ1n) is 32.7. The van der Waals surface area contributed by atoms with E-state index >= 15 is 0 Å². The molecular formula is C81H81B2N4OS. The molecule has 6 aliphatic rings. The van der Waals surface area contributed by atoms with Crippen LogP contribution in [-0.2, 0) is 0 Å². The van der Waals surface area contributed by atoms with Crippen LogP contribution in [0.15, 0.2) is 230 Å². The maximum absolute atomic E-state index is 7.60. The molecule has 15 rings (SSSR count). The van der Waals surface area contributed by atoms with E-state index in [1.165, 1.54) is 118 Å². The van der Waals surface area contributed by atoms with Crippen molar-refractivity contribution in [2.24, 2.45) is 0 Å². The van der Waals surface area contributed by atoms with Crippen LogP contribution in [0.1, 0.15) is 75.8 Å². The van der Waals surface area contributed by atoms with Gasteiger partial charge in [-0.2, -0.15) is 11.8 Å². The predicted molar refractivity (Wildman–Crippen MR) is 380 cm³/mol. The average Bonchev–Trinajstić information content (AvgIpc) is 3.86. The van der Waals surface area contributed by atoms with Crippen LogP contribution >= 0.6 is 11.8 Å². The van der Waals surface area contributed by atoms with Crippen LogP contribution in [0.2, 0.25) is 17.5 Å². The molecule has 4 fully saturated rings. The summed E-state index contributed by atoms with van der Waals surface area (Å²) >= 11 is 2.28. The zero-order chi connectivity index (χ0) is 60.8. The van der Waals surface area contributed by atoms with Gasteiger partial charge in [0.05, 0.1) is 6.10 Å². The molecule has 10 unspecified atom stereocenters. The second kappa shape index (κ2) is 23.4. The van der Waals surface area contributed by atoms with Crippen molar-refractivity contribution < 1.29 is 4.74 Å². The first-order valence-corrected chi connectivity index (χ1v) is 33.7. The molecule has 9 aromatic rings. The molecule has 8 heteroatoms. The van der Waals surface area contributed by atoms with Crippen LogP contribution in [0, 0.1) is 62.3 Å². The predicted octanol–water partition coefficient (Wildman–Crippen LogP) is 19.2. The summed E-state index contributed by atoms with van der Waals surface area (Å²) in [4.78, 5) is 11.2. The number of nitrogens with zero attached hydrogens (tertiary/aromatic N) is 4. The van der Waals surface area contributed by atoms with Crippen molar-refractivity contribution in [3.8, 4) is 16.9 Å². The van der Waals surface area contributed by atoms with E-state index in [9.17, 15) is 0 Å². The number of benzene rings is 9. The van der Waals surface area contributed by atoms with Crippen LogP contribution in [0.4, 0.5) is 39.8 Å². The van der Waals surface area contributed by atoms with E-state index in [4.69, 9.17) is 4.74 Å². The van der Waals surface area contributed by atoms with Gasteiger partial charge in [0.1, 0.15) is 13.0 Å². The van der Waals surface area contributed by atoms with Crippen molar-refractivity contribution >= 4 is 71.0 Å². The van der Waals surface area contributed by atoms with Gasteiger partial charge in [-0.1, -0.05) is 186 Å². The summed E-state index contributed by atoms with van der Waals surface area (Å²) in [6, 6.07) is 78.6. The maximum atomic E-state index is 7.60. The summed E-state index contributed by atoms with van der Waals surface area (Å²) in [5.74, 6) is 1.71. The molecule has 0 aromatic heterocycles. The van der Waals surface area contributed by atoms with Gasteiger partial charge in [0.15, 0.2) is 0 Å². The van der Waals surface area contributed by atoms with E-state index in [2.05, 4.69) is 319 Å². The van der Waals surface area contributed by atoms with Crippen molar-refractivity contribution in [2.45, 2.75) is 146 Å². The zero-order valence-corrected chi connectivity index (χ0v) is 54.0. The highest BCUT2D eigenvalue weighted by Gasteiger charge is 2.59. The molecule has 0 spiro atoms. The Bertz CT molecular complexity index is 4120. The molecule has 10 atom stereocenters. The van der Waals surface area contributed by atoms with Gasteiger partial charge < -0.3 is 24.3 Å². The Morgan fingerprint density at radius 3 is 1.52 bits per heavy atom. The highest BCUT2D eigenvalue weighted by atomic mass is 32.2. The molecule has 5 nitrogen and oxygen atoms in total. The van der Waals surface area contributed by atoms with Crippen molar-refractivity contribution in [2.75, 3.05) is 19.6 Å². The standard InChI is InChI=1S/C81H81B2N4OS/c1-50-38-53(4)79(54(5)39-50)84(60-28-16-11-17-29-60)63-45-72-78-74(46-63)88-73-37-25-23-35-67(73)83(78)68-48-66-75(49-70(68)87(72)69-36-24-22-34-65(69)59-26-14-10-15-27-59)89-76-47-64(85(61-30-18-12-19-31-61)80-55(6)40-51(2)41-56(80)7)44-71(77(76)82-66)86(62-32-20-13-21-33-62)81-57(8)42-52(3)43-58(81)9/h10-43,48-49,63-64,66,71-72,74-78H,44-47H2,1-9H3. The lowest BCUT2D eigenvalue weighted by Crippen LogP contribution is -2.66. The van der Waals surface area contributed by atoms with Gasteiger partial charge in [-0.15, -0.1) is 0 Å². The van der Waals surface area contributed by atoms with Gasteiger partial charge in [-0.3, -0.25) is 0 Å². The molecule has 89 heavy (non-hydrogen) atoms. The topological polar surface area (TPSA) is 22.2 Å². The molecule has 3 heterocycles. The first-order chi connectivity index (χ1) is 43.3. The lowest BCUT2D eigenvalue weighted by Gasteiger charge is -2.59. The largest absolute Gasteiger partial charge is 0.491 e. The van der Waals surface area contributed by atoms with E-state index in [0.717, 1.165) is 31.4 Å². The summed E-state index contributed by atoms with van der Waals surface area (Å²) in [7, 11) is 2.88. The Hall–Kier alpha value is -8.06. The molecule has 9 aromatic carbocycles. The molecule has 0 amide bonds. The van der Waals surface area contributed by atoms with Gasteiger partial charge >= 0.3 is 0 Å². The van der Waals surface area contributed by atoms with Crippen molar-refractivity contribution in [3.63, 3.8) is 0 Å². The minimum atomic E-state index is -0.0370. The second-order valence-electron chi connectivity index (χ2n) is 26.9. The van der Waals surface area contributed by atoms with Crippen LogP contribution < -0.4 is 29.8 Å². The Morgan fingerprint density at radius 1 is 0.483 bits per heavy atom. The number of thioether (sulfide) groups is 1. The van der Waals surface area contributed by atoms with Crippen LogP contribution in [0.5, 0.6) is 5.75 Å². The first kappa shape index (κ1) is 57.4. The number of allylic oxidation sites excluding steroid dienone is 2. The molecule has 0 bridgehead atoms. The van der Waals surface area contributed by atoms with E-state index in [0.29, 0.717) is 5.25 Å². The highest BCUT2D eigenvalue weighted by Crippen LogP contribution is 2.60. The number of aryl methyl sites for hydroxylation is 9. The zero-order valence-electron chi connectivity index (χ0n) is 53.1. The molecule has 3 aliphatic heterocycles. The van der Waals surface area contributed by atoms with E-state index < -0.39 is 0 Å². The quantitative estimate of drug-likeness (QED) is 0.120. The minimum Gasteiger partial charge on any atom is -0.491 e. The fourth-order valence-corrected chi connectivity index (χ4v) is 19.7. The van der Waals surface area contributed by atoms with Crippen molar-refractivity contribution in [1.29, 1.82) is 0 Å². The van der Waals surface area contributed by atoms with Crippen LogP contribution in [-0.4, -0.2) is 54.8 Å². The third-order valence-electron chi connectivity index (χ3n) is 20.8. The number of fused-ring (bicyclic) bond motifs is 6. The minimum absolute atomic E-state index is 0.0370. The van der Waals surface area contributed by atoms with Gasteiger partial charge in [0.25, 0.3) is 0 Å². The Kier molecular flexibility index (Phi) is 15.1. The van der Waals surface area contributed by atoms with Gasteiger partial charge in [0, 0.05) is 98.0 Å². The summed E-state index contributed by atoms with van der Waals surface area (Å²) in [6.07, 6.45) is 9.46. The van der Waals surface area contributed by atoms with Gasteiger partial charge in [-0.25, -0.2) is 0 Å². The normalized spacial score (nSPS) is 23.8. The molecule has 2 saturated heterocycles. The third-order valence-corrected chi connectivity index (χ3v) is 22.4. The molecule has 2 saturated carbocycles. The van der Waals surface area contributed by atoms with Gasteiger partial charge in [0.2, 0.25) is 6.71 Å². The fourth-order valence-electron chi connectivity index (χ4n) is 17.9. The molecule has 1 radical (unpaired) electrons. The van der Waals surface area contributed by atoms with E-state index in [1.807, 2.05) is 0 Å². The lowest BCUT2D eigenvalue weighted by atomic mass is 9.26. The summed E-state index contributed by atoms with van der Waals surface area (Å²) < 4.78 is 7.60. The Morgan fingerprint density at radius 2 is 0.955 bits per heavy atom. The Labute approximate surface area is 534 Å². The number of para-hydroxylation sites is 5. The molecule has 443 valence electrons. The average molecular weight is 1180 g/mol. The van der Waals surface area contributed by atoms with Crippen molar-refractivity contribution in [1.82, 2.24) is 0 Å².